The first-order chi connectivity index (χ1) is 17.1. The van der Waals surface area contributed by atoms with Gasteiger partial charge in [-0.25, -0.2) is 4.98 Å². The number of nitrogens with zero attached hydrogens (tertiary/aromatic N) is 4. The van der Waals surface area contributed by atoms with Crippen molar-refractivity contribution in [1.82, 2.24) is 14.9 Å². The Labute approximate surface area is 204 Å². The van der Waals surface area contributed by atoms with Crippen molar-refractivity contribution in [3.05, 3.63) is 59.3 Å². The lowest BCUT2D eigenvalue weighted by atomic mass is 10.0. The van der Waals surface area contributed by atoms with Crippen LogP contribution in [-0.4, -0.2) is 67.0 Å². The molecule has 3 heterocycles. The van der Waals surface area contributed by atoms with E-state index in [2.05, 4.69) is 9.80 Å². The van der Waals surface area contributed by atoms with E-state index < -0.39 is 0 Å². The van der Waals surface area contributed by atoms with E-state index in [4.69, 9.17) is 28.9 Å². The smallest absolute Gasteiger partial charge is 0.229 e. The molecule has 2 aliphatic heterocycles. The molecule has 184 valence electrons. The van der Waals surface area contributed by atoms with Crippen molar-refractivity contribution in [3.8, 4) is 28.9 Å². The number of hydrogen-bond acceptors (Lipinski definition) is 9. The largest absolute Gasteiger partial charge is 0.504 e. The molecule has 1 N–H and O–H groups in total. The highest BCUT2D eigenvalue weighted by atomic mass is 16.5. The van der Waals surface area contributed by atoms with Crippen molar-refractivity contribution >= 4 is 5.95 Å². The van der Waals surface area contributed by atoms with E-state index in [-0.39, 0.29) is 5.75 Å². The topological polar surface area (TPSA) is 89.4 Å². The number of hydrogen-bond donors (Lipinski definition) is 1. The van der Waals surface area contributed by atoms with Crippen LogP contribution in [0.5, 0.6) is 28.9 Å². The van der Waals surface area contributed by atoms with Crippen LogP contribution in [0.4, 0.5) is 5.95 Å². The standard InChI is InChI=1S/C26H30N4O5/c1-32-19-6-4-7-20(15-19)35-25-21-17-29(16-18-5-3-8-23(33-2)24(18)31)10-9-22(21)27-26(28-25)30-11-13-34-14-12-30/h3-8,15,31H,9-14,16-17H2,1-2H3. The Morgan fingerprint density at radius 3 is 2.57 bits per heavy atom. The number of rotatable bonds is 7. The Bertz CT molecular complexity index is 1180. The van der Waals surface area contributed by atoms with Crippen molar-refractivity contribution in [2.45, 2.75) is 19.5 Å². The predicted octanol–water partition coefficient (Wildman–Crippen LogP) is 3.39. The number of aromatic nitrogens is 2. The second kappa shape index (κ2) is 10.4. The first-order valence-electron chi connectivity index (χ1n) is 11.8. The molecule has 2 aliphatic rings. The van der Waals surface area contributed by atoms with E-state index in [1.165, 1.54) is 0 Å². The molecule has 0 saturated carbocycles. The van der Waals surface area contributed by atoms with Gasteiger partial charge >= 0.3 is 0 Å². The Morgan fingerprint density at radius 2 is 1.77 bits per heavy atom. The lowest BCUT2D eigenvalue weighted by Gasteiger charge is -2.32. The molecule has 1 saturated heterocycles. The molecule has 0 unspecified atom stereocenters. The van der Waals surface area contributed by atoms with Crippen LogP contribution in [0, 0.1) is 0 Å². The normalized spacial score (nSPS) is 16.0. The molecule has 0 aliphatic carbocycles. The maximum Gasteiger partial charge on any atom is 0.229 e. The quantitative estimate of drug-likeness (QED) is 0.549. The average molecular weight is 479 g/mol. The predicted molar refractivity (Wildman–Crippen MR) is 131 cm³/mol. The average Bonchev–Trinajstić information content (AvgIpc) is 2.90. The van der Waals surface area contributed by atoms with Crippen molar-refractivity contribution < 1.29 is 24.1 Å². The number of phenols is 1. The second-order valence-corrected chi connectivity index (χ2v) is 8.56. The second-order valence-electron chi connectivity index (χ2n) is 8.56. The van der Waals surface area contributed by atoms with Crippen molar-refractivity contribution in [2.75, 3.05) is 52.0 Å². The summed E-state index contributed by atoms with van der Waals surface area (Å²) in [5.74, 6) is 3.23. The fraction of sp³-hybridized carbons (Fsp3) is 0.385. The number of phenolic OH excluding ortho intramolecular Hbond substituents is 1. The molecule has 1 aromatic heterocycles. The van der Waals surface area contributed by atoms with E-state index in [1.807, 2.05) is 36.4 Å². The Kier molecular flexibility index (Phi) is 6.87. The Hall–Kier alpha value is -3.56. The Balaban J connectivity index is 1.45. The minimum atomic E-state index is 0.174. The Morgan fingerprint density at radius 1 is 0.971 bits per heavy atom. The van der Waals surface area contributed by atoms with Gasteiger partial charge in [-0.3, -0.25) is 4.90 Å². The minimum Gasteiger partial charge on any atom is -0.504 e. The van der Waals surface area contributed by atoms with Gasteiger partial charge < -0.3 is 29.0 Å². The highest BCUT2D eigenvalue weighted by molar-refractivity contribution is 5.47. The van der Waals surface area contributed by atoms with E-state index in [9.17, 15) is 5.11 Å². The summed E-state index contributed by atoms with van der Waals surface area (Å²) in [4.78, 5) is 14.2. The summed E-state index contributed by atoms with van der Waals surface area (Å²) in [6.07, 6.45) is 0.758. The zero-order valence-electron chi connectivity index (χ0n) is 20.1. The van der Waals surface area contributed by atoms with Crippen LogP contribution in [0.3, 0.4) is 0 Å². The maximum absolute atomic E-state index is 10.6. The fourth-order valence-corrected chi connectivity index (χ4v) is 4.43. The van der Waals surface area contributed by atoms with Gasteiger partial charge in [0.25, 0.3) is 0 Å². The first-order valence-corrected chi connectivity index (χ1v) is 11.8. The van der Waals surface area contributed by atoms with Gasteiger partial charge in [-0.15, -0.1) is 0 Å². The summed E-state index contributed by atoms with van der Waals surface area (Å²) in [5.41, 5.74) is 2.76. The van der Waals surface area contributed by atoms with Crippen molar-refractivity contribution in [2.24, 2.45) is 0 Å². The lowest BCUT2D eigenvalue weighted by molar-refractivity contribution is 0.122. The number of anilines is 1. The molecule has 2 aromatic carbocycles. The van der Waals surface area contributed by atoms with E-state index in [0.717, 1.165) is 42.9 Å². The molecule has 3 aromatic rings. The lowest BCUT2D eigenvalue weighted by Crippen LogP contribution is -2.38. The third-order valence-electron chi connectivity index (χ3n) is 6.34. The molecular formula is C26H30N4O5. The summed E-state index contributed by atoms with van der Waals surface area (Å²) in [5, 5.41) is 10.6. The summed E-state index contributed by atoms with van der Waals surface area (Å²) < 4.78 is 22.5. The van der Waals surface area contributed by atoms with Gasteiger partial charge in [0.15, 0.2) is 11.5 Å². The highest BCUT2D eigenvalue weighted by Crippen LogP contribution is 2.35. The molecule has 0 spiro atoms. The van der Waals surface area contributed by atoms with Gasteiger partial charge in [0, 0.05) is 50.8 Å². The number of morpholine rings is 1. The summed E-state index contributed by atoms with van der Waals surface area (Å²) >= 11 is 0. The number of aromatic hydroxyl groups is 1. The zero-order valence-corrected chi connectivity index (χ0v) is 20.1. The van der Waals surface area contributed by atoms with Crippen LogP contribution in [-0.2, 0) is 24.2 Å². The molecule has 0 radical (unpaired) electrons. The minimum absolute atomic E-state index is 0.174. The van der Waals surface area contributed by atoms with Gasteiger partial charge in [-0.05, 0) is 18.2 Å². The monoisotopic (exact) mass is 478 g/mol. The van der Waals surface area contributed by atoms with Crippen LogP contribution < -0.4 is 19.1 Å². The number of benzene rings is 2. The summed E-state index contributed by atoms with van der Waals surface area (Å²) in [7, 11) is 3.19. The van der Waals surface area contributed by atoms with Crippen LogP contribution >= 0.6 is 0 Å². The SMILES string of the molecule is COc1cccc(Oc2nc(N3CCOCC3)nc3c2CN(Cc2cccc(OC)c2O)CC3)c1. The molecule has 0 amide bonds. The van der Waals surface area contributed by atoms with Crippen LogP contribution in [0.15, 0.2) is 42.5 Å². The molecule has 0 atom stereocenters. The number of fused-ring (bicyclic) bond motifs is 1. The highest BCUT2D eigenvalue weighted by Gasteiger charge is 2.27. The van der Waals surface area contributed by atoms with E-state index >= 15 is 0 Å². The molecular weight excluding hydrogens is 448 g/mol. The first kappa shape index (κ1) is 23.2. The molecule has 9 heteroatoms. The van der Waals surface area contributed by atoms with Crippen molar-refractivity contribution in [3.63, 3.8) is 0 Å². The maximum atomic E-state index is 10.6. The van der Waals surface area contributed by atoms with E-state index in [1.54, 1.807) is 20.3 Å². The summed E-state index contributed by atoms with van der Waals surface area (Å²) in [6, 6.07) is 13.1. The van der Waals surface area contributed by atoms with Crippen LogP contribution in [0.2, 0.25) is 0 Å². The molecule has 35 heavy (non-hydrogen) atoms. The van der Waals surface area contributed by atoms with Gasteiger partial charge in [0.05, 0.1) is 38.7 Å². The van der Waals surface area contributed by atoms with Gasteiger partial charge in [0.2, 0.25) is 11.8 Å². The number of para-hydroxylation sites is 1. The van der Waals surface area contributed by atoms with Crippen LogP contribution in [0.1, 0.15) is 16.8 Å². The molecule has 9 nitrogen and oxygen atoms in total. The third-order valence-corrected chi connectivity index (χ3v) is 6.34. The number of ether oxygens (including phenoxy) is 4. The number of methoxy groups -OCH3 is 2. The summed E-state index contributed by atoms with van der Waals surface area (Å²) in [6.45, 7) is 4.80. The van der Waals surface area contributed by atoms with Crippen LogP contribution in [0.25, 0.3) is 0 Å². The van der Waals surface area contributed by atoms with Crippen molar-refractivity contribution in [1.29, 1.82) is 0 Å². The van der Waals surface area contributed by atoms with Gasteiger partial charge in [-0.1, -0.05) is 18.2 Å². The molecule has 5 rings (SSSR count). The van der Waals surface area contributed by atoms with Gasteiger partial charge in [0.1, 0.15) is 11.5 Å². The third kappa shape index (κ3) is 5.11. The van der Waals surface area contributed by atoms with Gasteiger partial charge in [-0.2, -0.15) is 4.98 Å². The van der Waals surface area contributed by atoms with E-state index in [0.29, 0.717) is 55.4 Å². The fourth-order valence-electron chi connectivity index (χ4n) is 4.43. The molecule has 0 bridgehead atoms. The molecule has 1 fully saturated rings. The zero-order chi connectivity index (χ0) is 24.2.